The minimum atomic E-state index is -4.52. The van der Waals surface area contributed by atoms with E-state index in [0.717, 1.165) is 60.6 Å². The fraction of sp³-hybridized carbons (Fsp3) is 0.897. The molecule has 0 saturated carbocycles. The van der Waals surface area contributed by atoms with E-state index in [0.29, 0.717) is 218 Å². The lowest BCUT2D eigenvalue weighted by Gasteiger charge is -2.19. The van der Waals surface area contributed by atoms with Crippen molar-refractivity contribution in [1.82, 2.24) is 15.0 Å². The Morgan fingerprint density at radius 2 is 0.548 bits per heavy atom. The second-order valence-electron chi connectivity index (χ2n) is 26.0. The molecule has 2 aromatic rings. The molecule has 1 heterocycles. The molecule has 0 saturated heterocycles. The summed E-state index contributed by atoms with van der Waals surface area (Å²) in [4.78, 5) is 8.54. The van der Waals surface area contributed by atoms with Gasteiger partial charge in [0.25, 0.3) is 0 Å². The molecule has 1 N–H and O–H groups in total. The summed E-state index contributed by atoms with van der Waals surface area (Å²) in [5.74, 6) is 2.26. The molecule has 1 unspecified atom stereocenters. The Hall–Kier alpha value is -2.76. The third kappa shape index (κ3) is 68.5. The van der Waals surface area contributed by atoms with Gasteiger partial charge in [-0.15, -0.1) is 5.10 Å². The second kappa shape index (κ2) is 78.4. The van der Waals surface area contributed by atoms with Crippen LogP contribution < -0.4 is 14.2 Å². The van der Waals surface area contributed by atoms with Gasteiger partial charge in [0.05, 0.1) is 250 Å². The van der Waals surface area contributed by atoms with E-state index < -0.39 is 13.8 Å². The lowest BCUT2D eigenvalue weighted by molar-refractivity contribution is -0.0304. The summed E-state index contributed by atoms with van der Waals surface area (Å²) in [6, 6.07) is 4.24. The maximum absolute atomic E-state index is 12.5. The average molecular weight is 1510 g/mol. The summed E-state index contributed by atoms with van der Waals surface area (Å²) in [5, 5.41) is 8.91. The molecule has 0 spiro atoms. The van der Waals surface area contributed by atoms with Gasteiger partial charge in [-0.25, -0.2) is 4.68 Å². The first-order chi connectivity index (χ1) is 51.4. The van der Waals surface area contributed by atoms with Crippen LogP contribution >= 0.6 is 7.68 Å². The van der Waals surface area contributed by atoms with Crippen molar-refractivity contribution in [2.45, 2.75) is 227 Å². The van der Waals surface area contributed by atoms with E-state index in [1.165, 1.54) is 161 Å². The maximum Gasteiger partial charge on any atom is 0.367 e. The summed E-state index contributed by atoms with van der Waals surface area (Å²) < 4.78 is 133. The van der Waals surface area contributed by atoms with Crippen molar-refractivity contribution < 1.29 is 104 Å². The van der Waals surface area contributed by atoms with Crippen LogP contribution in [0.5, 0.6) is 17.2 Å². The Morgan fingerprint density at radius 1 is 0.317 bits per heavy atom. The molecule has 0 radical (unpaired) electrons. The van der Waals surface area contributed by atoms with Gasteiger partial charge in [0.15, 0.2) is 11.5 Å². The Morgan fingerprint density at radius 3 is 0.808 bits per heavy atom. The van der Waals surface area contributed by atoms with Crippen LogP contribution in [-0.4, -0.2) is 251 Å². The van der Waals surface area contributed by atoms with Crippen LogP contribution in [0.2, 0.25) is 0 Å². The van der Waals surface area contributed by atoms with Gasteiger partial charge in [0, 0.05) is 0 Å². The molecule has 0 aliphatic rings. The highest BCUT2D eigenvalue weighted by molar-refractivity contribution is 7.52. The van der Waals surface area contributed by atoms with E-state index in [1.54, 1.807) is 0 Å². The van der Waals surface area contributed by atoms with Crippen molar-refractivity contribution in [1.29, 1.82) is 0 Å². The molecule has 0 amide bonds. The van der Waals surface area contributed by atoms with E-state index in [2.05, 4.69) is 43.2 Å². The number of halogens is 1. The molecule has 1 atom stereocenters. The smallest absolute Gasteiger partial charge is 0.367 e. The summed E-state index contributed by atoms with van der Waals surface area (Å²) >= 11 is 0. The van der Waals surface area contributed by atoms with Crippen LogP contribution in [0.1, 0.15) is 225 Å². The van der Waals surface area contributed by atoms with Gasteiger partial charge in [-0.1, -0.05) is 199 Å². The molecule has 612 valence electrons. The number of unbranched alkanes of at least 4 members (excludes halogenated alkanes) is 27. The van der Waals surface area contributed by atoms with Crippen LogP contribution in [-0.2, 0) is 93.5 Å². The molecular formula is C78H147FN3O21P. The largest absolute Gasteiger partial charge is 0.490 e. The van der Waals surface area contributed by atoms with Crippen molar-refractivity contribution >= 4 is 7.68 Å². The number of hydrogen-bond acceptors (Lipinski definition) is 22. The van der Waals surface area contributed by atoms with E-state index in [9.17, 15) is 8.76 Å². The SMILES string of the molecule is CCCCCCCCCCCCOc1cc(Cn2cc(COCCOCCOCCOCCOCCOCCOCCOCCOCCOCCOCCOCCOCCOCCOCCOCCP(=O)(O)F)nn2)cc(OCCCCCCCCCCCC)c1OCCCCCCCCCCCC. The topological polar surface area (TPSA) is 243 Å². The lowest BCUT2D eigenvalue weighted by Crippen LogP contribution is -2.16. The minimum Gasteiger partial charge on any atom is -0.490 e. The zero-order valence-electron chi connectivity index (χ0n) is 65.4. The van der Waals surface area contributed by atoms with Gasteiger partial charge >= 0.3 is 7.68 Å². The lowest BCUT2D eigenvalue weighted by atomic mass is 10.1. The Kier molecular flexibility index (Phi) is 73.3. The Labute approximate surface area is 627 Å². The van der Waals surface area contributed by atoms with Crippen LogP contribution in [0.3, 0.4) is 0 Å². The number of benzene rings is 1. The third-order valence-electron chi connectivity index (χ3n) is 16.6. The zero-order valence-corrected chi connectivity index (χ0v) is 66.3. The molecule has 26 heteroatoms. The first-order valence-electron chi connectivity index (χ1n) is 40.6. The molecule has 1 aromatic heterocycles. The normalized spacial score (nSPS) is 12.3. The predicted molar refractivity (Wildman–Crippen MR) is 405 cm³/mol. The second-order valence-corrected chi connectivity index (χ2v) is 27.7. The number of hydrogen-bond donors (Lipinski definition) is 1. The number of aromatic nitrogens is 3. The van der Waals surface area contributed by atoms with E-state index in [-0.39, 0.29) is 19.8 Å². The summed E-state index contributed by atoms with van der Waals surface area (Å²) in [6.45, 7) is 22.8. The fourth-order valence-corrected chi connectivity index (χ4v) is 11.1. The maximum atomic E-state index is 12.5. The van der Waals surface area contributed by atoms with Crippen LogP contribution in [0, 0.1) is 0 Å². The highest BCUT2D eigenvalue weighted by atomic mass is 31.2. The summed E-state index contributed by atoms with van der Waals surface area (Å²) in [7, 11) is -4.52. The van der Waals surface area contributed by atoms with Gasteiger partial charge in [-0.2, -0.15) is 4.20 Å². The predicted octanol–water partition coefficient (Wildman–Crippen LogP) is 15.1. The standard InChI is InChI=1S/C78H147FN3O21P/c1-4-7-10-13-16-19-22-25-28-31-34-101-76-69-74(70-77(102-35-32-29-26-23-20-17-14-11-8-5-2)78(76)103-36-33-30-27-24-21-18-15-12-9-6-3)71-82-72-75(80-81-82)73-100-66-65-98-62-61-96-58-57-94-54-53-92-50-49-90-46-45-88-42-41-86-38-37-85-39-40-87-43-44-89-47-48-91-51-52-93-55-56-95-59-60-97-63-64-99-67-68-104(79,83)84/h69-70,72H,4-68,71,73H2,1-3H3,(H,83,84). The van der Waals surface area contributed by atoms with E-state index >= 15 is 0 Å². The minimum absolute atomic E-state index is 0.126. The third-order valence-corrected chi connectivity index (χ3v) is 17.3. The van der Waals surface area contributed by atoms with Crippen molar-refractivity contribution in [3.63, 3.8) is 0 Å². The summed E-state index contributed by atoms with van der Waals surface area (Å²) in [5.41, 5.74) is 1.78. The molecule has 104 heavy (non-hydrogen) atoms. The number of ether oxygens (including phenoxy) is 19. The van der Waals surface area contributed by atoms with Crippen molar-refractivity contribution in [2.75, 3.05) is 231 Å². The average Bonchev–Trinajstić information content (AvgIpc) is 0.983. The van der Waals surface area contributed by atoms with Crippen LogP contribution in [0.25, 0.3) is 0 Å². The van der Waals surface area contributed by atoms with Crippen LogP contribution in [0.15, 0.2) is 18.3 Å². The first kappa shape index (κ1) is 97.3. The Balaban J connectivity index is 1.49. The monoisotopic (exact) mass is 1510 g/mol. The molecule has 1 aromatic carbocycles. The first-order valence-corrected chi connectivity index (χ1v) is 42.3. The van der Waals surface area contributed by atoms with Gasteiger partial charge in [0.1, 0.15) is 5.69 Å². The van der Waals surface area contributed by atoms with Crippen LogP contribution in [0.4, 0.5) is 4.20 Å². The zero-order chi connectivity index (χ0) is 74.3. The van der Waals surface area contributed by atoms with Crippen molar-refractivity contribution in [2.24, 2.45) is 0 Å². The highest BCUT2D eigenvalue weighted by Gasteiger charge is 2.18. The van der Waals surface area contributed by atoms with Gasteiger partial charge < -0.3 is 94.9 Å². The quantitative estimate of drug-likeness (QED) is 0.0478. The number of rotatable bonds is 88. The van der Waals surface area contributed by atoms with Gasteiger partial charge in [-0.3, -0.25) is 4.57 Å². The molecule has 24 nitrogen and oxygen atoms in total. The van der Waals surface area contributed by atoms with Gasteiger partial charge in [-0.05, 0) is 37.0 Å². The van der Waals surface area contributed by atoms with Crippen molar-refractivity contribution in [3.05, 3.63) is 29.6 Å². The molecule has 2 rings (SSSR count). The molecule has 0 aliphatic carbocycles. The van der Waals surface area contributed by atoms with Crippen molar-refractivity contribution in [3.8, 4) is 17.2 Å². The Bertz CT molecular complexity index is 2060. The molecule has 0 fully saturated rings. The van der Waals surface area contributed by atoms with E-state index in [1.807, 2.05) is 10.9 Å². The highest BCUT2D eigenvalue weighted by Crippen LogP contribution is 2.41. The molecule has 0 bridgehead atoms. The van der Waals surface area contributed by atoms with E-state index in [4.69, 9.17) is 94.9 Å². The fourth-order valence-electron chi connectivity index (χ4n) is 10.7. The van der Waals surface area contributed by atoms with Gasteiger partial charge in [0.2, 0.25) is 5.75 Å². The summed E-state index contributed by atoms with van der Waals surface area (Å²) in [6.07, 6.45) is 39.8. The number of nitrogens with zero attached hydrogens (tertiary/aromatic N) is 3. The molecular weight excluding hydrogens is 1360 g/mol. The molecule has 0 aliphatic heterocycles.